The van der Waals surface area contributed by atoms with Crippen molar-refractivity contribution in [3.63, 3.8) is 0 Å². The van der Waals surface area contributed by atoms with Crippen LogP contribution in [0.15, 0.2) is 186 Å². The van der Waals surface area contributed by atoms with Crippen molar-refractivity contribution in [3.05, 3.63) is 182 Å². The lowest BCUT2D eigenvalue weighted by molar-refractivity contribution is 0.669. The van der Waals surface area contributed by atoms with Gasteiger partial charge in [0, 0.05) is 64.1 Å². The standard InChI is InChI=1S/C51H30N4OS/c1-3-14-31(15-4-1)35-21-13-25-46-47(35)40-29-34(55-42-22-10-7-18-36(42)37-19-8-11-23-43(37)55)30-41(48(40)57-46)51-53-49(32-16-5-2-6-17-32)52-50(54-51)33-26-27-39-38-20-9-12-24-44(38)56-45(39)28-33/h1-30H/i2D,5D,6D,16D,17D. The number of para-hydroxylation sites is 3. The van der Waals surface area contributed by atoms with Crippen molar-refractivity contribution in [3.8, 4) is 51.0 Å². The Morgan fingerprint density at radius 2 is 1.14 bits per heavy atom. The third-order valence-electron chi connectivity index (χ3n) is 10.7. The third-order valence-corrected chi connectivity index (χ3v) is 11.9. The number of nitrogens with zero attached hydrogens (tertiary/aromatic N) is 4. The first-order valence-electron chi connectivity index (χ1n) is 21.1. The first kappa shape index (κ1) is 27.2. The number of thiophene rings is 1. The van der Waals surface area contributed by atoms with E-state index in [1.165, 1.54) is 0 Å². The summed E-state index contributed by atoms with van der Waals surface area (Å²) in [6.45, 7) is 0. The number of rotatable bonds is 5. The Balaban J connectivity index is 1.21. The second-order valence-corrected chi connectivity index (χ2v) is 15.1. The van der Waals surface area contributed by atoms with Gasteiger partial charge in [0.2, 0.25) is 0 Å². The van der Waals surface area contributed by atoms with Crippen molar-refractivity contribution in [2.24, 2.45) is 0 Å². The minimum Gasteiger partial charge on any atom is -0.456 e. The molecule has 0 N–H and O–H groups in total. The average molecular weight is 752 g/mol. The highest BCUT2D eigenvalue weighted by Crippen LogP contribution is 2.46. The molecule has 0 aliphatic carbocycles. The maximum atomic E-state index is 9.00. The van der Waals surface area contributed by atoms with Gasteiger partial charge in [0.25, 0.3) is 0 Å². The Kier molecular flexibility index (Phi) is 6.00. The molecule has 266 valence electrons. The molecule has 6 heteroatoms. The summed E-state index contributed by atoms with van der Waals surface area (Å²) in [5, 5.41) is 6.26. The molecule has 0 fully saturated rings. The van der Waals surface area contributed by atoms with Gasteiger partial charge in [0.05, 0.1) is 17.9 Å². The van der Waals surface area contributed by atoms with Crippen molar-refractivity contribution in [1.82, 2.24) is 19.5 Å². The van der Waals surface area contributed by atoms with Gasteiger partial charge in [-0.25, -0.2) is 15.0 Å². The van der Waals surface area contributed by atoms with Crippen LogP contribution in [0.5, 0.6) is 0 Å². The van der Waals surface area contributed by atoms with Gasteiger partial charge in [-0.2, -0.15) is 0 Å². The molecule has 0 aliphatic heterocycles. The van der Waals surface area contributed by atoms with Crippen molar-refractivity contribution >= 4 is 75.3 Å². The highest BCUT2D eigenvalue weighted by Gasteiger charge is 2.22. The second kappa shape index (κ2) is 12.6. The van der Waals surface area contributed by atoms with E-state index in [0.29, 0.717) is 22.5 Å². The second-order valence-electron chi connectivity index (χ2n) is 14.0. The molecular formula is C51H30N4OS. The van der Waals surface area contributed by atoms with E-state index in [1.54, 1.807) is 11.3 Å². The fourth-order valence-corrected chi connectivity index (χ4v) is 9.45. The van der Waals surface area contributed by atoms with E-state index in [2.05, 4.69) is 83.4 Å². The smallest absolute Gasteiger partial charge is 0.165 e. The van der Waals surface area contributed by atoms with Gasteiger partial charge < -0.3 is 8.98 Å². The van der Waals surface area contributed by atoms with E-state index in [4.69, 9.17) is 26.2 Å². The summed E-state index contributed by atoms with van der Waals surface area (Å²) in [5.74, 6) is 0.524. The van der Waals surface area contributed by atoms with Crippen LogP contribution in [0.3, 0.4) is 0 Å². The molecule has 0 spiro atoms. The molecule has 4 aromatic heterocycles. The van der Waals surface area contributed by atoms with Crippen molar-refractivity contribution in [1.29, 1.82) is 0 Å². The van der Waals surface area contributed by atoms with Gasteiger partial charge in [-0.3, -0.25) is 0 Å². The minimum absolute atomic E-state index is 0.0341. The molecular weight excluding hydrogens is 717 g/mol. The van der Waals surface area contributed by atoms with Gasteiger partial charge in [-0.05, 0) is 59.7 Å². The van der Waals surface area contributed by atoms with Gasteiger partial charge in [-0.15, -0.1) is 11.3 Å². The summed E-state index contributed by atoms with van der Waals surface area (Å²) >= 11 is 1.64. The summed E-state index contributed by atoms with van der Waals surface area (Å²) in [6.07, 6.45) is 0. The van der Waals surface area contributed by atoms with Crippen LogP contribution in [0.4, 0.5) is 0 Å². The van der Waals surface area contributed by atoms with E-state index in [1.807, 2.05) is 72.8 Å². The first-order valence-corrected chi connectivity index (χ1v) is 19.4. The molecule has 12 aromatic rings. The summed E-state index contributed by atoms with van der Waals surface area (Å²) < 4.78 is 54.1. The number of hydrogen-bond donors (Lipinski definition) is 0. The van der Waals surface area contributed by atoms with E-state index < -0.39 is 30.2 Å². The Morgan fingerprint density at radius 3 is 1.93 bits per heavy atom. The Labute approximate surface area is 337 Å². The zero-order valence-electron chi connectivity index (χ0n) is 35.0. The van der Waals surface area contributed by atoms with Crippen LogP contribution in [0.1, 0.15) is 6.85 Å². The number of furan rings is 1. The largest absolute Gasteiger partial charge is 0.456 e. The predicted octanol–water partition coefficient (Wildman–Crippen LogP) is 13.9. The fraction of sp³-hybridized carbons (Fsp3) is 0. The van der Waals surface area contributed by atoms with E-state index in [0.717, 1.165) is 75.1 Å². The normalized spacial score (nSPS) is 13.1. The molecule has 0 saturated carbocycles. The lowest BCUT2D eigenvalue weighted by atomic mass is 9.98. The van der Waals surface area contributed by atoms with Crippen LogP contribution >= 0.6 is 11.3 Å². The SMILES string of the molecule is [2H]c1c([2H])c([2H])c(-c2nc(-c3ccc4c(c3)oc3ccccc34)nc(-c3cc(-n4c5ccccc5c5ccccc54)cc4c3sc3cccc(-c5ccccc5)c34)n2)c([2H])c1[2H]. The monoisotopic (exact) mass is 751 g/mol. The summed E-state index contributed by atoms with van der Waals surface area (Å²) in [6, 6.07) is 49.3. The fourth-order valence-electron chi connectivity index (χ4n) is 8.23. The van der Waals surface area contributed by atoms with Gasteiger partial charge in [0.1, 0.15) is 11.2 Å². The molecule has 5 nitrogen and oxygen atoms in total. The number of fused-ring (bicyclic) bond motifs is 9. The molecule has 8 aromatic carbocycles. The minimum atomic E-state index is -0.492. The summed E-state index contributed by atoms with van der Waals surface area (Å²) in [4.78, 5) is 15.2. The number of hydrogen-bond acceptors (Lipinski definition) is 5. The average Bonchev–Trinajstić information content (AvgIpc) is 3.99. The van der Waals surface area contributed by atoms with Crippen LogP contribution in [0.2, 0.25) is 0 Å². The van der Waals surface area contributed by atoms with Crippen LogP contribution < -0.4 is 0 Å². The number of aromatic nitrogens is 4. The molecule has 0 atom stereocenters. The van der Waals surface area contributed by atoms with E-state index >= 15 is 0 Å². The topological polar surface area (TPSA) is 56.7 Å². The zero-order chi connectivity index (χ0) is 41.8. The number of benzene rings is 8. The zero-order valence-corrected chi connectivity index (χ0v) is 30.9. The molecule has 4 heterocycles. The maximum Gasteiger partial charge on any atom is 0.165 e. The van der Waals surface area contributed by atoms with Gasteiger partial charge in [-0.1, -0.05) is 133 Å². The molecule has 0 aliphatic rings. The van der Waals surface area contributed by atoms with Crippen LogP contribution in [-0.4, -0.2) is 19.5 Å². The highest BCUT2D eigenvalue weighted by atomic mass is 32.1. The molecule has 12 rings (SSSR count). The summed E-state index contributed by atoms with van der Waals surface area (Å²) in [5.41, 5.74) is 7.76. The van der Waals surface area contributed by atoms with Gasteiger partial charge in [0.15, 0.2) is 17.5 Å². The lowest BCUT2D eigenvalue weighted by Crippen LogP contribution is -2.01. The Morgan fingerprint density at radius 1 is 0.474 bits per heavy atom. The van der Waals surface area contributed by atoms with E-state index in [9.17, 15) is 0 Å². The van der Waals surface area contributed by atoms with Crippen molar-refractivity contribution < 1.29 is 11.3 Å². The molecule has 0 radical (unpaired) electrons. The molecule has 57 heavy (non-hydrogen) atoms. The summed E-state index contributed by atoms with van der Waals surface area (Å²) in [7, 11) is 0. The first-order chi connectivity index (χ1) is 30.3. The lowest BCUT2D eigenvalue weighted by Gasteiger charge is -2.13. The Bertz CT molecular complexity index is 3760. The molecule has 0 unspecified atom stereocenters. The molecule has 0 amide bonds. The quantitative estimate of drug-likeness (QED) is 0.176. The predicted molar refractivity (Wildman–Crippen MR) is 236 cm³/mol. The Hall–Kier alpha value is -7.41. The highest BCUT2D eigenvalue weighted by molar-refractivity contribution is 7.26. The van der Waals surface area contributed by atoms with Crippen LogP contribution in [-0.2, 0) is 0 Å². The van der Waals surface area contributed by atoms with Gasteiger partial charge >= 0.3 is 0 Å². The van der Waals surface area contributed by atoms with E-state index in [-0.39, 0.29) is 17.2 Å². The van der Waals surface area contributed by atoms with Crippen LogP contribution in [0, 0.1) is 0 Å². The van der Waals surface area contributed by atoms with Crippen molar-refractivity contribution in [2.75, 3.05) is 0 Å². The third kappa shape index (κ3) is 5.04. The maximum absolute atomic E-state index is 9.00. The molecule has 0 saturated heterocycles. The van der Waals surface area contributed by atoms with Crippen molar-refractivity contribution in [2.45, 2.75) is 0 Å². The van der Waals surface area contributed by atoms with Crippen LogP contribution in [0.25, 0.3) is 115 Å². The molecule has 0 bridgehead atoms.